The van der Waals surface area contributed by atoms with Crippen molar-refractivity contribution in [1.29, 1.82) is 0 Å². The summed E-state index contributed by atoms with van der Waals surface area (Å²) in [5.41, 5.74) is 0.0752. The first-order valence-electron chi connectivity index (χ1n) is 17.0. The quantitative estimate of drug-likeness (QED) is 0.160. The molecule has 3 amide bonds. The number of amides is 3. The number of benzene rings is 3. The molecular formula is C40H42N6O6. The van der Waals surface area contributed by atoms with Crippen LogP contribution in [-0.2, 0) is 25.5 Å². The van der Waals surface area contributed by atoms with E-state index in [0.29, 0.717) is 45.1 Å². The lowest BCUT2D eigenvalue weighted by atomic mass is 9.81. The van der Waals surface area contributed by atoms with Crippen LogP contribution in [0.3, 0.4) is 0 Å². The number of fused-ring (bicyclic) bond motifs is 2. The molecule has 1 unspecified atom stereocenters. The molecule has 1 atom stereocenters. The van der Waals surface area contributed by atoms with Gasteiger partial charge >= 0.3 is 6.09 Å². The first-order chi connectivity index (χ1) is 24.7. The number of methoxy groups -OCH3 is 1. The lowest BCUT2D eigenvalue weighted by Crippen LogP contribution is -2.53. The minimum Gasteiger partial charge on any atom is -0.497 e. The van der Waals surface area contributed by atoms with E-state index in [9.17, 15) is 9.59 Å². The van der Waals surface area contributed by atoms with Crippen LogP contribution in [0.5, 0.6) is 5.75 Å². The zero-order valence-electron chi connectivity index (χ0n) is 30.4. The second-order valence-electron chi connectivity index (χ2n) is 14.2. The van der Waals surface area contributed by atoms with E-state index in [1.807, 2.05) is 13.8 Å². The first kappa shape index (κ1) is 35.8. The van der Waals surface area contributed by atoms with Gasteiger partial charge in [-0.1, -0.05) is 30.3 Å². The third-order valence-corrected chi connectivity index (χ3v) is 8.89. The van der Waals surface area contributed by atoms with Gasteiger partial charge in [-0.05, 0) is 96.1 Å². The molecule has 1 aliphatic rings. The second kappa shape index (κ2) is 13.9. The largest absolute Gasteiger partial charge is 0.497 e. The number of hydrogen-bond donors (Lipinski definition) is 0. The summed E-state index contributed by atoms with van der Waals surface area (Å²) in [4.78, 5) is 66.7. The van der Waals surface area contributed by atoms with Gasteiger partial charge in [0.05, 0.1) is 41.6 Å². The van der Waals surface area contributed by atoms with Crippen LogP contribution >= 0.6 is 0 Å². The molecule has 3 aromatic carbocycles. The van der Waals surface area contributed by atoms with Crippen LogP contribution in [0.15, 0.2) is 97.3 Å². The van der Waals surface area contributed by atoms with Crippen molar-refractivity contribution in [1.82, 2.24) is 14.8 Å². The molecule has 0 radical (unpaired) electrons. The molecule has 6 rings (SSSR count). The summed E-state index contributed by atoms with van der Waals surface area (Å²) in [5.74, 6) is -0.853. The van der Waals surface area contributed by atoms with Crippen LogP contribution < -0.4 is 19.4 Å². The highest BCUT2D eigenvalue weighted by Gasteiger charge is 2.52. The molecule has 0 N–H and O–H groups in total. The second-order valence-corrected chi connectivity index (χ2v) is 14.2. The van der Waals surface area contributed by atoms with Gasteiger partial charge in [0.2, 0.25) is 17.7 Å². The van der Waals surface area contributed by atoms with Crippen molar-refractivity contribution in [2.24, 2.45) is 5.41 Å². The van der Waals surface area contributed by atoms with E-state index in [4.69, 9.17) is 9.47 Å². The van der Waals surface area contributed by atoms with Gasteiger partial charge in [-0.3, -0.25) is 29.2 Å². The molecule has 12 heteroatoms. The van der Waals surface area contributed by atoms with E-state index >= 15 is 9.59 Å². The number of carbonyl (C=O) groups is 4. The Morgan fingerprint density at radius 1 is 0.885 bits per heavy atom. The topological polar surface area (TPSA) is 127 Å². The molecule has 0 fully saturated rings. The summed E-state index contributed by atoms with van der Waals surface area (Å²) in [6, 6.07) is 24.4. The van der Waals surface area contributed by atoms with Crippen LogP contribution in [-0.4, -0.2) is 63.9 Å². The smallest absolute Gasteiger partial charge is 0.435 e. The first-order valence-corrected chi connectivity index (χ1v) is 17.0. The molecule has 52 heavy (non-hydrogen) atoms. The Kier molecular flexibility index (Phi) is 9.59. The molecule has 0 bridgehead atoms. The highest BCUT2D eigenvalue weighted by molar-refractivity contribution is 6.24. The zero-order valence-corrected chi connectivity index (χ0v) is 30.4. The lowest BCUT2D eigenvalue weighted by molar-refractivity contribution is -0.139. The van der Waals surface area contributed by atoms with E-state index in [-0.39, 0.29) is 24.9 Å². The van der Waals surface area contributed by atoms with E-state index in [1.54, 1.807) is 137 Å². The van der Waals surface area contributed by atoms with Crippen LogP contribution in [0, 0.1) is 5.41 Å². The average molecular weight is 703 g/mol. The minimum atomic E-state index is -1.81. The van der Waals surface area contributed by atoms with Gasteiger partial charge in [0.25, 0.3) is 0 Å². The molecule has 268 valence electrons. The SMILES string of the molecule is COc1ccc(N(C(=O)CN2C(=O)C(C)(Cc3nn(C(=O)OC(C)(C)C)c4ccccc34)C(=O)N(c3cccnc3)c3ccccc32)C(C)C)cc1. The predicted molar refractivity (Wildman–Crippen MR) is 199 cm³/mol. The maximum absolute atomic E-state index is 15.2. The Morgan fingerprint density at radius 3 is 2.19 bits per heavy atom. The lowest BCUT2D eigenvalue weighted by Gasteiger charge is -2.33. The Labute approximate surface area is 302 Å². The van der Waals surface area contributed by atoms with Crippen molar-refractivity contribution >= 4 is 57.5 Å². The summed E-state index contributed by atoms with van der Waals surface area (Å²) in [5, 5.41) is 5.23. The van der Waals surface area contributed by atoms with Crippen molar-refractivity contribution in [3.8, 4) is 5.75 Å². The van der Waals surface area contributed by atoms with Gasteiger partial charge in [0.15, 0.2) is 0 Å². The zero-order chi connectivity index (χ0) is 37.4. The van der Waals surface area contributed by atoms with Crippen molar-refractivity contribution in [3.63, 3.8) is 0 Å². The summed E-state index contributed by atoms with van der Waals surface area (Å²) < 4.78 is 12.1. The Bertz CT molecular complexity index is 2140. The van der Waals surface area contributed by atoms with Crippen LogP contribution in [0.4, 0.5) is 27.5 Å². The normalized spacial score (nSPS) is 16.2. The molecule has 0 saturated carbocycles. The van der Waals surface area contributed by atoms with Crippen LogP contribution in [0.1, 0.15) is 47.2 Å². The highest BCUT2D eigenvalue weighted by Crippen LogP contribution is 2.44. The molecular weight excluding hydrogens is 660 g/mol. The third-order valence-electron chi connectivity index (χ3n) is 8.89. The molecule has 0 spiro atoms. The maximum atomic E-state index is 15.2. The Hall–Kier alpha value is -6.04. The average Bonchev–Trinajstić information content (AvgIpc) is 3.46. The Morgan fingerprint density at radius 2 is 1.56 bits per heavy atom. The van der Waals surface area contributed by atoms with Crippen LogP contribution in [0.2, 0.25) is 0 Å². The van der Waals surface area contributed by atoms with Gasteiger partial charge in [0, 0.05) is 29.7 Å². The molecule has 5 aromatic rings. The van der Waals surface area contributed by atoms with E-state index in [2.05, 4.69) is 10.1 Å². The van der Waals surface area contributed by atoms with E-state index < -0.39 is 28.9 Å². The summed E-state index contributed by atoms with van der Waals surface area (Å²) in [6.07, 6.45) is 2.27. The monoisotopic (exact) mass is 702 g/mol. The van der Waals surface area contributed by atoms with Gasteiger partial charge in [-0.15, -0.1) is 0 Å². The fraction of sp³-hybridized carbons (Fsp3) is 0.300. The van der Waals surface area contributed by atoms with Crippen molar-refractivity contribution in [2.45, 2.75) is 59.6 Å². The fourth-order valence-corrected chi connectivity index (χ4v) is 6.51. The molecule has 3 heterocycles. The van der Waals surface area contributed by atoms with Gasteiger partial charge in [-0.2, -0.15) is 9.78 Å². The van der Waals surface area contributed by atoms with E-state index in [1.165, 1.54) is 9.80 Å². The van der Waals surface area contributed by atoms with Gasteiger partial charge in [-0.25, -0.2) is 4.79 Å². The van der Waals surface area contributed by atoms with Gasteiger partial charge < -0.3 is 14.4 Å². The summed E-state index contributed by atoms with van der Waals surface area (Å²) in [7, 11) is 1.57. The number of rotatable bonds is 8. The molecule has 2 aromatic heterocycles. The van der Waals surface area contributed by atoms with Crippen LogP contribution in [0.25, 0.3) is 10.9 Å². The van der Waals surface area contributed by atoms with Gasteiger partial charge in [0.1, 0.15) is 23.3 Å². The number of para-hydroxylation sites is 3. The standard InChI is InChI=1S/C40H42N6O6/c1-26(2)44(27-18-20-29(51-7)21-19-27)35(47)25-43-33-16-10-11-17-34(33)45(28-13-12-22-41-24-28)37(49)40(6,36(43)48)23-31-30-14-8-9-15-32(30)46(42-31)38(50)52-39(3,4)5/h8-22,24,26H,23,25H2,1-7H3. The number of carbonyl (C=O) groups excluding carboxylic acids is 4. The Balaban J connectivity index is 1.49. The number of ether oxygens (including phenoxy) is 2. The predicted octanol–water partition coefficient (Wildman–Crippen LogP) is 6.93. The van der Waals surface area contributed by atoms with Crippen molar-refractivity contribution in [3.05, 3.63) is 103 Å². The number of hydrogen-bond acceptors (Lipinski definition) is 8. The number of nitrogens with zero attached hydrogens (tertiary/aromatic N) is 6. The maximum Gasteiger partial charge on any atom is 0.435 e. The minimum absolute atomic E-state index is 0.192. The highest BCUT2D eigenvalue weighted by atomic mass is 16.6. The van der Waals surface area contributed by atoms with E-state index in [0.717, 1.165) is 4.68 Å². The molecule has 1 aliphatic heterocycles. The molecule has 12 nitrogen and oxygen atoms in total. The summed E-state index contributed by atoms with van der Waals surface area (Å²) in [6.45, 7) is 10.3. The molecule has 0 saturated heterocycles. The number of pyridine rings is 1. The van der Waals surface area contributed by atoms with Crippen molar-refractivity contribution in [2.75, 3.05) is 28.4 Å². The summed E-state index contributed by atoms with van der Waals surface area (Å²) >= 11 is 0. The third kappa shape index (κ3) is 6.71. The number of anilines is 4. The molecule has 0 aliphatic carbocycles. The number of aromatic nitrogens is 3. The van der Waals surface area contributed by atoms with Crippen molar-refractivity contribution < 1.29 is 28.7 Å². The fourth-order valence-electron chi connectivity index (χ4n) is 6.51.